The molecule has 0 aliphatic carbocycles. The standard InChI is InChI=1S/C11H15BrN2O.ClH/c12-11-4-3-9(6-14-11)7-15-8-10-2-1-5-13-10;/h3-4,6,10,13H,1-2,5,7-8H2;1H. The summed E-state index contributed by atoms with van der Waals surface area (Å²) in [6.07, 6.45) is 4.35. The van der Waals surface area contributed by atoms with Crippen LogP contribution in [0.25, 0.3) is 0 Å². The van der Waals surface area contributed by atoms with Crippen LogP contribution in [0, 0.1) is 0 Å². The Balaban J connectivity index is 0.00000128. The van der Waals surface area contributed by atoms with Gasteiger partial charge in [-0.05, 0) is 46.9 Å². The van der Waals surface area contributed by atoms with Crippen molar-refractivity contribution in [1.29, 1.82) is 0 Å². The van der Waals surface area contributed by atoms with Crippen LogP contribution in [-0.2, 0) is 11.3 Å². The summed E-state index contributed by atoms with van der Waals surface area (Å²) in [7, 11) is 0. The van der Waals surface area contributed by atoms with Crippen LogP contribution in [0.4, 0.5) is 0 Å². The zero-order valence-corrected chi connectivity index (χ0v) is 11.4. The molecule has 3 nitrogen and oxygen atoms in total. The molecule has 1 saturated heterocycles. The molecule has 5 heteroatoms. The van der Waals surface area contributed by atoms with Gasteiger partial charge >= 0.3 is 0 Å². The highest BCUT2D eigenvalue weighted by Gasteiger charge is 2.13. The third-order valence-electron chi connectivity index (χ3n) is 2.54. The third-order valence-corrected chi connectivity index (χ3v) is 3.01. The van der Waals surface area contributed by atoms with Gasteiger partial charge < -0.3 is 10.1 Å². The summed E-state index contributed by atoms with van der Waals surface area (Å²) in [5.74, 6) is 0. The molecule has 0 radical (unpaired) electrons. The molecule has 2 rings (SSSR count). The van der Waals surface area contributed by atoms with Crippen LogP contribution < -0.4 is 5.32 Å². The molecule has 0 aromatic carbocycles. The smallest absolute Gasteiger partial charge is 0.106 e. The summed E-state index contributed by atoms with van der Waals surface area (Å²) in [5.41, 5.74) is 1.12. The van der Waals surface area contributed by atoms with Crippen LogP contribution in [0.15, 0.2) is 22.9 Å². The second-order valence-electron chi connectivity index (χ2n) is 3.80. The van der Waals surface area contributed by atoms with Crippen molar-refractivity contribution in [1.82, 2.24) is 10.3 Å². The number of nitrogens with one attached hydrogen (secondary N) is 1. The quantitative estimate of drug-likeness (QED) is 0.868. The van der Waals surface area contributed by atoms with Gasteiger partial charge in [-0.1, -0.05) is 6.07 Å². The molecule has 2 heterocycles. The fraction of sp³-hybridized carbons (Fsp3) is 0.545. The summed E-state index contributed by atoms with van der Waals surface area (Å²) < 4.78 is 6.49. The maximum Gasteiger partial charge on any atom is 0.106 e. The van der Waals surface area contributed by atoms with Crippen molar-refractivity contribution in [2.75, 3.05) is 13.2 Å². The third kappa shape index (κ3) is 4.37. The molecule has 1 N–H and O–H groups in total. The molecule has 0 bridgehead atoms. The van der Waals surface area contributed by atoms with Crippen LogP contribution in [0.1, 0.15) is 18.4 Å². The molecule has 16 heavy (non-hydrogen) atoms. The molecule has 90 valence electrons. The van der Waals surface area contributed by atoms with Crippen molar-refractivity contribution in [2.45, 2.75) is 25.5 Å². The number of rotatable bonds is 4. The first-order valence-corrected chi connectivity index (χ1v) is 6.05. The van der Waals surface area contributed by atoms with E-state index in [1.54, 1.807) is 0 Å². The first kappa shape index (κ1) is 13.9. The number of hydrogen-bond acceptors (Lipinski definition) is 3. The van der Waals surface area contributed by atoms with E-state index in [2.05, 4.69) is 26.2 Å². The van der Waals surface area contributed by atoms with Crippen molar-refractivity contribution in [3.8, 4) is 0 Å². The molecule has 1 fully saturated rings. The van der Waals surface area contributed by atoms with Crippen molar-refractivity contribution < 1.29 is 4.74 Å². The topological polar surface area (TPSA) is 34.1 Å². The van der Waals surface area contributed by atoms with Gasteiger partial charge in [0.15, 0.2) is 0 Å². The number of aromatic nitrogens is 1. The lowest BCUT2D eigenvalue weighted by Crippen LogP contribution is -2.26. The van der Waals surface area contributed by atoms with Gasteiger partial charge in [-0.2, -0.15) is 0 Å². The van der Waals surface area contributed by atoms with Crippen LogP contribution in [0.5, 0.6) is 0 Å². The summed E-state index contributed by atoms with van der Waals surface area (Å²) >= 11 is 3.31. The molecule has 1 aliphatic heterocycles. The highest BCUT2D eigenvalue weighted by atomic mass is 79.9. The summed E-state index contributed by atoms with van der Waals surface area (Å²) in [6, 6.07) is 4.51. The van der Waals surface area contributed by atoms with Gasteiger partial charge in [0.2, 0.25) is 0 Å². The molecule has 1 atom stereocenters. The van der Waals surface area contributed by atoms with E-state index < -0.39 is 0 Å². The minimum Gasteiger partial charge on any atom is -0.375 e. The Hall–Kier alpha value is -0.160. The first-order chi connectivity index (χ1) is 7.34. The number of pyridine rings is 1. The maximum absolute atomic E-state index is 5.63. The molecule has 1 aliphatic rings. The predicted octanol–water partition coefficient (Wildman–Crippen LogP) is 2.53. The molecule has 1 aromatic heterocycles. The Bertz CT molecular complexity index is 301. The largest absolute Gasteiger partial charge is 0.375 e. The average Bonchev–Trinajstić information content (AvgIpc) is 2.74. The fourth-order valence-electron chi connectivity index (χ4n) is 1.71. The number of hydrogen-bond donors (Lipinski definition) is 1. The van der Waals surface area contributed by atoms with E-state index in [4.69, 9.17) is 4.74 Å². The van der Waals surface area contributed by atoms with E-state index >= 15 is 0 Å². The highest BCUT2D eigenvalue weighted by Crippen LogP contribution is 2.09. The minimum absolute atomic E-state index is 0. The van der Waals surface area contributed by atoms with Crippen LogP contribution in [0.2, 0.25) is 0 Å². The van der Waals surface area contributed by atoms with Gasteiger partial charge in [0.25, 0.3) is 0 Å². The van der Waals surface area contributed by atoms with E-state index in [-0.39, 0.29) is 12.4 Å². The summed E-state index contributed by atoms with van der Waals surface area (Å²) in [5, 5.41) is 3.40. The first-order valence-electron chi connectivity index (χ1n) is 5.26. The zero-order chi connectivity index (χ0) is 10.5. The number of ether oxygens (including phenoxy) is 1. The Kier molecular flexibility index (Phi) is 6.28. The second-order valence-corrected chi connectivity index (χ2v) is 4.61. The van der Waals surface area contributed by atoms with E-state index in [9.17, 15) is 0 Å². The summed E-state index contributed by atoms with van der Waals surface area (Å²) in [4.78, 5) is 4.15. The van der Waals surface area contributed by atoms with Crippen LogP contribution in [0.3, 0.4) is 0 Å². The van der Waals surface area contributed by atoms with E-state index in [1.807, 2.05) is 18.3 Å². The van der Waals surface area contributed by atoms with Gasteiger partial charge in [0.05, 0.1) is 13.2 Å². The molecule has 0 saturated carbocycles. The van der Waals surface area contributed by atoms with Gasteiger partial charge in [0.1, 0.15) is 4.60 Å². The maximum atomic E-state index is 5.63. The number of halogens is 2. The van der Waals surface area contributed by atoms with Crippen molar-refractivity contribution >= 4 is 28.3 Å². The van der Waals surface area contributed by atoms with Crippen molar-refractivity contribution in [2.24, 2.45) is 0 Å². The molecular formula is C11H16BrClN2O. The van der Waals surface area contributed by atoms with E-state index in [0.29, 0.717) is 12.6 Å². The zero-order valence-electron chi connectivity index (χ0n) is 8.99. The predicted molar refractivity (Wildman–Crippen MR) is 69.9 cm³/mol. The minimum atomic E-state index is 0. The lowest BCUT2D eigenvalue weighted by molar-refractivity contribution is 0.103. The Morgan fingerprint density at radius 3 is 3.00 bits per heavy atom. The normalized spacial score (nSPS) is 19.4. The van der Waals surface area contributed by atoms with E-state index in [0.717, 1.165) is 23.3 Å². The molecular weight excluding hydrogens is 291 g/mol. The van der Waals surface area contributed by atoms with Gasteiger partial charge in [-0.25, -0.2) is 4.98 Å². The van der Waals surface area contributed by atoms with Crippen molar-refractivity contribution in [3.63, 3.8) is 0 Å². The van der Waals surface area contributed by atoms with Crippen LogP contribution >= 0.6 is 28.3 Å². The molecule has 1 aromatic rings. The van der Waals surface area contributed by atoms with Gasteiger partial charge in [0, 0.05) is 12.2 Å². The molecule has 0 spiro atoms. The van der Waals surface area contributed by atoms with Crippen molar-refractivity contribution in [3.05, 3.63) is 28.5 Å². The monoisotopic (exact) mass is 306 g/mol. The Morgan fingerprint density at radius 1 is 1.50 bits per heavy atom. The average molecular weight is 308 g/mol. The lowest BCUT2D eigenvalue weighted by atomic mass is 10.2. The highest BCUT2D eigenvalue weighted by molar-refractivity contribution is 9.10. The second kappa shape index (κ2) is 7.22. The SMILES string of the molecule is Brc1ccc(COCC2CCCN2)cn1.Cl. The van der Waals surface area contributed by atoms with Gasteiger partial charge in [-0.3, -0.25) is 0 Å². The van der Waals surface area contributed by atoms with Gasteiger partial charge in [-0.15, -0.1) is 12.4 Å². The number of nitrogens with zero attached hydrogens (tertiary/aromatic N) is 1. The van der Waals surface area contributed by atoms with E-state index in [1.165, 1.54) is 12.8 Å². The Morgan fingerprint density at radius 2 is 2.38 bits per heavy atom. The van der Waals surface area contributed by atoms with Crippen LogP contribution in [-0.4, -0.2) is 24.2 Å². The molecule has 0 amide bonds. The molecule has 1 unspecified atom stereocenters. The Labute approximate surface area is 111 Å². The lowest BCUT2D eigenvalue weighted by Gasteiger charge is -2.10. The fourth-order valence-corrected chi connectivity index (χ4v) is 1.94. The summed E-state index contributed by atoms with van der Waals surface area (Å²) in [6.45, 7) is 2.59.